The molecule has 0 radical (unpaired) electrons. The van der Waals surface area contributed by atoms with Gasteiger partial charge in [-0.3, -0.25) is 4.79 Å². The van der Waals surface area contributed by atoms with Crippen molar-refractivity contribution in [2.75, 3.05) is 14.2 Å². The molecule has 4 aromatic rings. The predicted octanol–water partition coefficient (Wildman–Crippen LogP) is 3.69. The first kappa shape index (κ1) is 23.1. The van der Waals surface area contributed by atoms with Crippen molar-refractivity contribution in [3.05, 3.63) is 99.9 Å². The molecule has 0 bridgehead atoms. The van der Waals surface area contributed by atoms with E-state index in [0.717, 1.165) is 5.56 Å². The number of fused-ring (bicyclic) bond motifs is 1. The van der Waals surface area contributed by atoms with Gasteiger partial charge < -0.3 is 13.9 Å². The summed E-state index contributed by atoms with van der Waals surface area (Å²) in [5, 5.41) is 0.356. The van der Waals surface area contributed by atoms with Crippen LogP contribution < -0.4 is 19.6 Å². The molecule has 172 valence electrons. The monoisotopic (exact) mass is 475 g/mol. The van der Waals surface area contributed by atoms with E-state index < -0.39 is 10.0 Å². The van der Waals surface area contributed by atoms with Gasteiger partial charge in [-0.25, -0.2) is 13.1 Å². The van der Waals surface area contributed by atoms with Crippen LogP contribution in [0.3, 0.4) is 0 Å². The van der Waals surface area contributed by atoms with E-state index in [1.54, 1.807) is 67.8 Å². The lowest BCUT2D eigenvalue weighted by Crippen LogP contribution is -2.24. The molecule has 0 amide bonds. The Morgan fingerprint density at radius 3 is 2.29 bits per heavy atom. The summed E-state index contributed by atoms with van der Waals surface area (Å²) in [6.07, 6.45) is 1.26. The third kappa shape index (κ3) is 4.96. The van der Waals surface area contributed by atoms with E-state index in [-0.39, 0.29) is 28.0 Å². The Balaban J connectivity index is 1.62. The molecule has 0 unspecified atom stereocenters. The number of rotatable bonds is 6. The first-order valence-corrected chi connectivity index (χ1v) is 11.7. The van der Waals surface area contributed by atoms with Crippen LogP contribution in [0.4, 0.5) is 0 Å². The molecule has 1 heterocycles. The highest BCUT2D eigenvalue weighted by Gasteiger charge is 2.17. The maximum atomic E-state index is 13.0. The Labute approximate surface area is 197 Å². The van der Waals surface area contributed by atoms with Crippen molar-refractivity contribution >= 4 is 21.0 Å². The normalized spacial score (nSPS) is 11.0. The van der Waals surface area contributed by atoms with Crippen LogP contribution in [0.15, 0.2) is 87.1 Å². The summed E-state index contributed by atoms with van der Waals surface area (Å²) in [5.74, 6) is 6.81. The largest absolute Gasteiger partial charge is 0.497 e. The lowest BCUT2D eigenvalue weighted by atomic mass is 10.1. The van der Waals surface area contributed by atoms with E-state index >= 15 is 0 Å². The maximum Gasteiger partial charge on any atom is 0.242 e. The number of benzene rings is 3. The second kappa shape index (κ2) is 9.83. The SMILES string of the molecule is COc1ccc(CNS(=O)(=O)c2ccccc2C#Cc2coc3cc(OC)ccc3c2=O)cc1. The van der Waals surface area contributed by atoms with E-state index in [0.29, 0.717) is 22.5 Å². The van der Waals surface area contributed by atoms with Gasteiger partial charge in [0.15, 0.2) is 0 Å². The zero-order valence-electron chi connectivity index (χ0n) is 18.5. The van der Waals surface area contributed by atoms with Gasteiger partial charge >= 0.3 is 0 Å². The van der Waals surface area contributed by atoms with E-state index in [1.807, 2.05) is 0 Å². The van der Waals surface area contributed by atoms with Gasteiger partial charge in [0.25, 0.3) is 0 Å². The quantitative estimate of drug-likeness (QED) is 0.428. The van der Waals surface area contributed by atoms with Gasteiger partial charge in [0.1, 0.15) is 28.9 Å². The molecule has 0 atom stereocenters. The van der Waals surface area contributed by atoms with Crippen LogP contribution >= 0.6 is 0 Å². The van der Waals surface area contributed by atoms with Gasteiger partial charge in [0, 0.05) is 18.2 Å². The van der Waals surface area contributed by atoms with Crippen molar-refractivity contribution in [2.24, 2.45) is 0 Å². The van der Waals surface area contributed by atoms with Crippen molar-refractivity contribution in [3.63, 3.8) is 0 Å². The van der Waals surface area contributed by atoms with Gasteiger partial charge in [-0.15, -0.1) is 0 Å². The molecule has 0 spiro atoms. The minimum atomic E-state index is -3.86. The minimum Gasteiger partial charge on any atom is -0.497 e. The van der Waals surface area contributed by atoms with Crippen LogP contribution in [-0.2, 0) is 16.6 Å². The van der Waals surface area contributed by atoms with Crippen LogP contribution in [0.25, 0.3) is 11.0 Å². The Kier molecular flexibility index (Phi) is 6.68. The standard InChI is InChI=1S/C26H21NO6S/c1-31-21-11-7-18(8-12-21)16-27-34(29,30)25-6-4-3-5-19(25)9-10-20-17-33-24-15-22(32-2)13-14-23(24)26(20)28/h3-8,11-15,17,27H,16H2,1-2H3. The summed E-state index contributed by atoms with van der Waals surface area (Å²) >= 11 is 0. The Morgan fingerprint density at radius 2 is 1.56 bits per heavy atom. The van der Waals surface area contributed by atoms with Crippen LogP contribution in [0, 0.1) is 11.8 Å². The van der Waals surface area contributed by atoms with Gasteiger partial charge in [0.05, 0.1) is 24.5 Å². The molecule has 0 fully saturated rings. The van der Waals surface area contributed by atoms with Gasteiger partial charge in [-0.05, 0) is 42.0 Å². The van der Waals surface area contributed by atoms with E-state index in [2.05, 4.69) is 16.6 Å². The summed E-state index contributed by atoms with van der Waals surface area (Å²) in [6.45, 7) is 0.103. The fraction of sp³-hybridized carbons (Fsp3) is 0.115. The molecule has 34 heavy (non-hydrogen) atoms. The molecular weight excluding hydrogens is 454 g/mol. The van der Waals surface area contributed by atoms with Crippen molar-refractivity contribution in [3.8, 4) is 23.3 Å². The van der Waals surface area contributed by atoms with Gasteiger partial charge in [-0.2, -0.15) is 0 Å². The van der Waals surface area contributed by atoms with Crippen molar-refractivity contribution in [1.82, 2.24) is 4.72 Å². The Bertz CT molecular complexity index is 1560. The molecular formula is C26H21NO6S. The molecule has 1 aromatic heterocycles. The first-order valence-electron chi connectivity index (χ1n) is 10.2. The van der Waals surface area contributed by atoms with Crippen LogP contribution in [0.1, 0.15) is 16.7 Å². The number of sulfonamides is 1. The molecule has 8 heteroatoms. The number of hydrogen-bond donors (Lipinski definition) is 1. The lowest BCUT2D eigenvalue weighted by molar-refractivity contribution is 0.414. The van der Waals surface area contributed by atoms with Crippen LogP contribution in [-0.4, -0.2) is 22.6 Å². The van der Waals surface area contributed by atoms with Crippen molar-refractivity contribution in [2.45, 2.75) is 11.4 Å². The molecule has 4 rings (SSSR count). The van der Waals surface area contributed by atoms with E-state index in [4.69, 9.17) is 13.9 Å². The second-order valence-electron chi connectivity index (χ2n) is 7.26. The summed E-state index contributed by atoms with van der Waals surface area (Å²) in [5.41, 5.74) is 1.23. The lowest BCUT2D eigenvalue weighted by Gasteiger charge is -2.09. The Hall–Kier alpha value is -4.06. The fourth-order valence-electron chi connectivity index (χ4n) is 3.26. The highest BCUT2D eigenvalue weighted by molar-refractivity contribution is 7.89. The fourth-order valence-corrected chi connectivity index (χ4v) is 4.44. The zero-order chi connectivity index (χ0) is 24.1. The first-order chi connectivity index (χ1) is 16.4. The number of methoxy groups -OCH3 is 2. The summed E-state index contributed by atoms with van der Waals surface area (Å²) in [4.78, 5) is 12.8. The average molecular weight is 476 g/mol. The Morgan fingerprint density at radius 1 is 0.882 bits per heavy atom. The van der Waals surface area contributed by atoms with E-state index in [1.165, 1.54) is 19.4 Å². The van der Waals surface area contributed by atoms with Crippen molar-refractivity contribution in [1.29, 1.82) is 0 Å². The minimum absolute atomic E-state index is 0.0194. The molecule has 0 saturated heterocycles. The van der Waals surface area contributed by atoms with E-state index in [9.17, 15) is 13.2 Å². The molecule has 0 aliphatic carbocycles. The average Bonchev–Trinajstić information content (AvgIpc) is 2.87. The summed E-state index contributed by atoms with van der Waals surface area (Å²) in [7, 11) is -0.772. The molecule has 1 N–H and O–H groups in total. The topological polar surface area (TPSA) is 94.8 Å². The molecule has 0 aliphatic rings. The predicted molar refractivity (Wildman–Crippen MR) is 128 cm³/mol. The smallest absolute Gasteiger partial charge is 0.242 e. The molecule has 0 aliphatic heterocycles. The molecule has 0 saturated carbocycles. The number of ether oxygens (including phenoxy) is 2. The molecule has 3 aromatic carbocycles. The highest BCUT2D eigenvalue weighted by Crippen LogP contribution is 2.19. The second-order valence-corrected chi connectivity index (χ2v) is 8.99. The van der Waals surface area contributed by atoms with Crippen molar-refractivity contribution < 1.29 is 22.3 Å². The summed E-state index contributed by atoms with van der Waals surface area (Å²) < 4.78 is 44.3. The van der Waals surface area contributed by atoms with Gasteiger partial charge in [0.2, 0.25) is 15.5 Å². The third-order valence-electron chi connectivity index (χ3n) is 5.12. The van der Waals surface area contributed by atoms with Crippen LogP contribution in [0.2, 0.25) is 0 Å². The van der Waals surface area contributed by atoms with Crippen LogP contribution in [0.5, 0.6) is 11.5 Å². The maximum absolute atomic E-state index is 13.0. The number of nitrogens with one attached hydrogen (secondary N) is 1. The highest BCUT2D eigenvalue weighted by atomic mass is 32.2. The summed E-state index contributed by atoms with van der Waals surface area (Å²) in [6, 6.07) is 18.3. The molecule has 7 nitrogen and oxygen atoms in total. The number of hydrogen-bond acceptors (Lipinski definition) is 6. The third-order valence-corrected chi connectivity index (χ3v) is 6.57. The zero-order valence-corrected chi connectivity index (χ0v) is 19.3. The van der Waals surface area contributed by atoms with Gasteiger partial charge in [-0.1, -0.05) is 36.1 Å².